The van der Waals surface area contributed by atoms with Crippen molar-refractivity contribution in [3.05, 3.63) is 71.3 Å². The summed E-state index contributed by atoms with van der Waals surface area (Å²) >= 11 is 0. The zero-order chi connectivity index (χ0) is 15.5. The molecule has 0 radical (unpaired) electrons. The number of carbonyl (C=O) groups excluding carboxylic acids is 2. The summed E-state index contributed by atoms with van der Waals surface area (Å²) in [5.74, 6) is -1.97. The molecule has 0 aliphatic carbocycles. The van der Waals surface area contributed by atoms with Crippen molar-refractivity contribution in [1.29, 1.82) is 0 Å². The molecule has 22 heavy (non-hydrogen) atoms. The molecule has 0 atom stereocenters. The van der Waals surface area contributed by atoms with Crippen LogP contribution < -0.4 is 29.6 Å². The molecule has 0 bridgehead atoms. The minimum Gasteiger partial charge on any atom is -0.748 e. The molecule has 0 aliphatic heterocycles. The molecule has 2 aromatic rings. The first-order chi connectivity index (χ1) is 9.87. The summed E-state index contributed by atoms with van der Waals surface area (Å²) in [5.41, 5.74) is 0.707. The van der Waals surface area contributed by atoms with Crippen LogP contribution in [0.4, 0.5) is 0 Å². The van der Waals surface area contributed by atoms with Crippen LogP contribution in [0.15, 0.2) is 54.6 Å². The molecule has 2 aromatic carbocycles. The minimum atomic E-state index is -4.37. The first-order valence-corrected chi connectivity index (χ1v) is 7.61. The molecule has 0 aliphatic rings. The summed E-state index contributed by atoms with van der Waals surface area (Å²) in [7, 11) is -4.37. The van der Waals surface area contributed by atoms with Gasteiger partial charge < -0.3 is 4.55 Å². The van der Waals surface area contributed by atoms with E-state index in [1.165, 1.54) is 24.3 Å². The number of Topliss-reactive ketones (excluding diaryl/α,β-unsaturated/α-hetero) is 2. The molecule has 7 heteroatoms. The summed E-state index contributed by atoms with van der Waals surface area (Å²) < 4.78 is 31.9. The summed E-state index contributed by atoms with van der Waals surface area (Å²) in [6.45, 7) is 0. The number of carbonyl (C=O) groups is 2. The Kier molecular flexibility index (Phi) is 6.65. The average molecular weight is 326 g/mol. The van der Waals surface area contributed by atoms with Crippen molar-refractivity contribution >= 4 is 21.7 Å². The Hall–Kier alpha value is -1.31. The third-order valence-electron chi connectivity index (χ3n) is 2.80. The van der Waals surface area contributed by atoms with Crippen LogP contribution in [0.3, 0.4) is 0 Å². The van der Waals surface area contributed by atoms with Crippen LogP contribution in [-0.4, -0.2) is 24.5 Å². The minimum absolute atomic E-state index is 0. The second-order valence-corrected chi connectivity index (χ2v) is 5.83. The fraction of sp³-hybridized carbons (Fsp3) is 0.0667. The van der Waals surface area contributed by atoms with Gasteiger partial charge in [-0.05, 0) is 5.56 Å². The van der Waals surface area contributed by atoms with Gasteiger partial charge in [-0.25, -0.2) is 8.42 Å². The summed E-state index contributed by atoms with van der Waals surface area (Å²) in [4.78, 5) is 24.0. The van der Waals surface area contributed by atoms with E-state index in [2.05, 4.69) is 0 Å². The number of benzene rings is 2. The van der Waals surface area contributed by atoms with Gasteiger partial charge in [0.2, 0.25) is 11.6 Å². The van der Waals surface area contributed by atoms with Crippen LogP contribution >= 0.6 is 0 Å². The number of hydrogen-bond acceptors (Lipinski definition) is 5. The fourth-order valence-electron chi connectivity index (χ4n) is 1.81. The zero-order valence-electron chi connectivity index (χ0n) is 11.9. The van der Waals surface area contributed by atoms with E-state index >= 15 is 0 Å². The molecule has 0 amide bonds. The normalized spacial score (nSPS) is 10.6. The van der Waals surface area contributed by atoms with Gasteiger partial charge in [0.1, 0.15) is 0 Å². The smallest absolute Gasteiger partial charge is 0.748 e. The molecule has 2 rings (SSSR count). The molecule has 0 N–H and O–H groups in total. The zero-order valence-corrected chi connectivity index (χ0v) is 14.7. The number of ketones is 2. The van der Waals surface area contributed by atoms with Gasteiger partial charge in [-0.1, -0.05) is 54.6 Å². The predicted octanol–water partition coefficient (Wildman–Crippen LogP) is -1.20. The quantitative estimate of drug-likeness (QED) is 0.298. The number of rotatable bonds is 5. The Labute approximate surface area is 150 Å². The maximum absolute atomic E-state index is 12.0. The molecule has 108 valence electrons. The summed E-state index contributed by atoms with van der Waals surface area (Å²) in [6.07, 6.45) is 0. The van der Waals surface area contributed by atoms with Crippen molar-refractivity contribution in [1.82, 2.24) is 0 Å². The third-order valence-corrected chi connectivity index (χ3v) is 3.49. The summed E-state index contributed by atoms with van der Waals surface area (Å²) in [6, 6.07) is 13.5. The van der Waals surface area contributed by atoms with Gasteiger partial charge in [-0.15, -0.1) is 0 Å². The van der Waals surface area contributed by atoms with Crippen LogP contribution in [0.1, 0.15) is 26.3 Å². The Morgan fingerprint density at radius 1 is 0.818 bits per heavy atom. The topological polar surface area (TPSA) is 91.3 Å². The SMILES string of the molecule is O=C(C(=O)c1ccc(CS(=O)(=O)[O-])cc1)c1ccccc1.[Na+]. The van der Waals surface area contributed by atoms with Gasteiger partial charge in [0.05, 0.1) is 15.9 Å². The first-order valence-electron chi connectivity index (χ1n) is 6.03. The second-order valence-electron chi connectivity index (χ2n) is 4.42. The van der Waals surface area contributed by atoms with E-state index in [1.807, 2.05) is 0 Å². The van der Waals surface area contributed by atoms with Gasteiger partial charge in [0, 0.05) is 11.1 Å². The molecule has 5 nitrogen and oxygen atoms in total. The van der Waals surface area contributed by atoms with E-state index in [9.17, 15) is 22.6 Å². The van der Waals surface area contributed by atoms with Crippen LogP contribution in [-0.2, 0) is 15.9 Å². The van der Waals surface area contributed by atoms with E-state index in [4.69, 9.17) is 0 Å². The van der Waals surface area contributed by atoms with Gasteiger partial charge in [-0.3, -0.25) is 9.59 Å². The maximum atomic E-state index is 12.0. The largest absolute Gasteiger partial charge is 1.00 e. The average Bonchev–Trinajstić information content (AvgIpc) is 2.46. The molecule has 0 saturated heterocycles. The van der Waals surface area contributed by atoms with Crippen molar-refractivity contribution in [2.45, 2.75) is 5.75 Å². The van der Waals surface area contributed by atoms with E-state index < -0.39 is 27.4 Å². The Morgan fingerprint density at radius 3 is 1.73 bits per heavy atom. The Bertz CT molecular complexity index is 767. The standard InChI is InChI=1S/C15H12O5S.Na/c16-14(12-4-2-1-3-5-12)15(17)13-8-6-11(7-9-13)10-21(18,19)20;/h1-9H,10H2,(H,18,19,20);/q;+1/p-1. The van der Waals surface area contributed by atoms with Crippen molar-refractivity contribution < 1.29 is 52.1 Å². The molecular weight excluding hydrogens is 315 g/mol. The van der Waals surface area contributed by atoms with Crippen LogP contribution in [0.5, 0.6) is 0 Å². The van der Waals surface area contributed by atoms with Crippen molar-refractivity contribution in [3.63, 3.8) is 0 Å². The molecule has 0 spiro atoms. The Balaban J connectivity index is 0.00000242. The van der Waals surface area contributed by atoms with E-state index in [-0.39, 0.29) is 46.2 Å². The van der Waals surface area contributed by atoms with E-state index in [0.717, 1.165) is 0 Å². The Morgan fingerprint density at radius 2 is 1.27 bits per heavy atom. The van der Waals surface area contributed by atoms with E-state index in [0.29, 0.717) is 0 Å². The molecular formula is C15H11NaO5S. The second kappa shape index (κ2) is 7.80. The van der Waals surface area contributed by atoms with Crippen molar-refractivity contribution in [2.75, 3.05) is 0 Å². The monoisotopic (exact) mass is 326 g/mol. The number of hydrogen-bond donors (Lipinski definition) is 0. The molecule has 0 heterocycles. The molecule has 0 unspecified atom stereocenters. The van der Waals surface area contributed by atoms with Crippen LogP contribution in [0.2, 0.25) is 0 Å². The van der Waals surface area contributed by atoms with Crippen molar-refractivity contribution in [3.8, 4) is 0 Å². The maximum Gasteiger partial charge on any atom is 1.00 e. The molecule has 0 fully saturated rings. The third kappa shape index (κ3) is 5.15. The first kappa shape index (κ1) is 18.7. The van der Waals surface area contributed by atoms with Gasteiger partial charge in [0.15, 0.2) is 0 Å². The van der Waals surface area contributed by atoms with Crippen LogP contribution in [0.25, 0.3) is 0 Å². The fourth-order valence-corrected chi connectivity index (χ4v) is 2.41. The summed E-state index contributed by atoms with van der Waals surface area (Å²) in [5, 5.41) is 0. The predicted molar refractivity (Wildman–Crippen MR) is 74.9 cm³/mol. The van der Waals surface area contributed by atoms with Gasteiger partial charge in [0.25, 0.3) is 0 Å². The van der Waals surface area contributed by atoms with Gasteiger partial charge in [-0.2, -0.15) is 0 Å². The molecule has 0 aromatic heterocycles. The van der Waals surface area contributed by atoms with Crippen LogP contribution in [0, 0.1) is 0 Å². The molecule has 0 saturated carbocycles. The van der Waals surface area contributed by atoms with Gasteiger partial charge >= 0.3 is 29.6 Å². The van der Waals surface area contributed by atoms with E-state index in [1.54, 1.807) is 30.3 Å². The van der Waals surface area contributed by atoms with Crippen molar-refractivity contribution in [2.24, 2.45) is 0 Å².